The van der Waals surface area contributed by atoms with Gasteiger partial charge in [0, 0.05) is 35.2 Å². The van der Waals surface area contributed by atoms with E-state index in [0.29, 0.717) is 30.2 Å². The molecule has 35 heavy (non-hydrogen) atoms. The van der Waals surface area contributed by atoms with Crippen LogP contribution in [-0.4, -0.2) is 59.1 Å². The molecule has 2 bridgehead atoms. The summed E-state index contributed by atoms with van der Waals surface area (Å²) in [6.45, 7) is 6.09. The fourth-order valence-corrected chi connectivity index (χ4v) is 7.65. The van der Waals surface area contributed by atoms with Crippen molar-refractivity contribution >= 4 is 12.0 Å². The summed E-state index contributed by atoms with van der Waals surface area (Å²) in [4.78, 5) is 18.3. The Balaban J connectivity index is 1.40. The molecule has 1 saturated heterocycles. The Labute approximate surface area is 208 Å². The van der Waals surface area contributed by atoms with Crippen LogP contribution >= 0.6 is 0 Å². The van der Waals surface area contributed by atoms with E-state index < -0.39 is 0 Å². The monoisotopic (exact) mass is 472 g/mol. The van der Waals surface area contributed by atoms with Gasteiger partial charge in [0.15, 0.2) is 0 Å². The van der Waals surface area contributed by atoms with Crippen LogP contribution in [0.2, 0.25) is 0 Å². The van der Waals surface area contributed by atoms with E-state index in [1.165, 1.54) is 5.56 Å². The van der Waals surface area contributed by atoms with Gasteiger partial charge in [-0.05, 0) is 74.9 Å². The zero-order valence-corrected chi connectivity index (χ0v) is 21.0. The summed E-state index contributed by atoms with van der Waals surface area (Å²) in [6.07, 6.45) is 7.52. The average Bonchev–Trinajstić information content (AvgIpc) is 3.19. The van der Waals surface area contributed by atoms with Gasteiger partial charge in [-0.25, -0.2) is 0 Å². The van der Waals surface area contributed by atoms with E-state index in [0.717, 1.165) is 49.1 Å². The van der Waals surface area contributed by atoms with Crippen molar-refractivity contribution in [3.63, 3.8) is 0 Å². The number of rotatable bonds is 5. The zero-order chi connectivity index (χ0) is 24.3. The summed E-state index contributed by atoms with van der Waals surface area (Å²) in [6, 6.07) is 14.2. The number of likely N-dealkylation sites (N-methyl/N-ethyl adjacent to an activating group) is 1. The van der Waals surface area contributed by atoms with Crippen LogP contribution in [-0.2, 0) is 16.6 Å². The number of amides is 1. The summed E-state index contributed by atoms with van der Waals surface area (Å²) >= 11 is 0. The largest absolute Gasteiger partial charge is 0.508 e. The van der Waals surface area contributed by atoms with Crippen LogP contribution in [0.1, 0.15) is 49.8 Å². The number of carbonyl (C=O) groups excluding carboxylic acids is 1. The van der Waals surface area contributed by atoms with E-state index >= 15 is 0 Å². The van der Waals surface area contributed by atoms with E-state index in [2.05, 4.69) is 30.7 Å². The molecule has 1 saturated carbocycles. The second kappa shape index (κ2) is 8.41. The lowest BCUT2D eigenvalue weighted by Crippen LogP contribution is -2.68. The SMILES string of the molecule is CC(C)CN(C(=O)C=Cc1ccccc1)[C@@H]1CC[C@H]2[C@H]3Cc4c(O)ccc5c4[C@@]2(CCN3C)[C@H]1O5. The Morgan fingerprint density at radius 1 is 1.23 bits per heavy atom. The van der Waals surface area contributed by atoms with Gasteiger partial charge in [0.1, 0.15) is 17.6 Å². The normalized spacial score (nSPS) is 30.9. The Kier molecular flexibility index (Phi) is 5.44. The minimum Gasteiger partial charge on any atom is -0.508 e. The molecule has 0 aromatic heterocycles. The van der Waals surface area contributed by atoms with Gasteiger partial charge in [0.2, 0.25) is 5.91 Å². The number of benzene rings is 2. The molecule has 1 amide bonds. The highest BCUT2D eigenvalue weighted by molar-refractivity contribution is 5.92. The molecule has 2 fully saturated rings. The lowest BCUT2D eigenvalue weighted by molar-refractivity contribution is -0.138. The van der Waals surface area contributed by atoms with Crippen LogP contribution < -0.4 is 4.74 Å². The first-order valence-corrected chi connectivity index (χ1v) is 13.2. The second-order valence-electron chi connectivity index (χ2n) is 11.4. The van der Waals surface area contributed by atoms with Crippen molar-refractivity contribution in [3.8, 4) is 11.5 Å². The summed E-state index contributed by atoms with van der Waals surface area (Å²) in [5, 5.41) is 10.8. The third-order valence-corrected chi connectivity index (χ3v) is 9.05. The quantitative estimate of drug-likeness (QED) is 0.645. The topological polar surface area (TPSA) is 53.0 Å². The standard InChI is InChI=1S/C30H36N2O3/c1-19(2)18-32(27(34)14-9-20-7-5-4-6-8-20)23-11-10-22-24-17-21-25(33)12-13-26-28(21)30(22,29(23)35-26)15-16-31(24)3/h4-9,12-14,19,22-24,29,33H,10-11,15-18H2,1-3H3/t22-,23+,24+,29-,30-/m0/s1. The predicted molar refractivity (Wildman–Crippen MR) is 137 cm³/mol. The number of piperidine rings is 1. The molecular formula is C30H36N2O3. The lowest BCUT2D eigenvalue weighted by Gasteiger charge is -2.60. The van der Waals surface area contributed by atoms with E-state index in [4.69, 9.17) is 4.74 Å². The van der Waals surface area contributed by atoms with E-state index in [1.54, 1.807) is 12.1 Å². The van der Waals surface area contributed by atoms with E-state index in [9.17, 15) is 9.90 Å². The smallest absolute Gasteiger partial charge is 0.246 e. The Morgan fingerprint density at radius 3 is 2.80 bits per heavy atom. The summed E-state index contributed by atoms with van der Waals surface area (Å²) < 4.78 is 6.81. The van der Waals surface area contributed by atoms with Crippen LogP contribution in [0.25, 0.3) is 6.08 Å². The lowest BCUT2D eigenvalue weighted by atomic mass is 9.51. The average molecular weight is 473 g/mol. The zero-order valence-electron chi connectivity index (χ0n) is 21.0. The Hall–Kier alpha value is -2.79. The van der Waals surface area contributed by atoms with Crippen LogP contribution in [0, 0.1) is 11.8 Å². The van der Waals surface area contributed by atoms with Gasteiger partial charge in [-0.3, -0.25) is 4.79 Å². The van der Waals surface area contributed by atoms with Crippen LogP contribution in [0.5, 0.6) is 11.5 Å². The highest BCUT2D eigenvalue weighted by atomic mass is 16.5. The summed E-state index contributed by atoms with van der Waals surface area (Å²) in [5.74, 6) is 2.24. The molecule has 1 N–H and O–H groups in total. The number of nitrogens with zero attached hydrogens (tertiary/aromatic N) is 2. The maximum atomic E-state index is 13.7. The molecular weight excluding hydrogens is 436 g/mol. The molecule has 1 spiro atoms. The molecule has 0 radical (unpaired) electrons. The highest BCUT2D eigenvalue weighted by Crippen LogP contribution is 2.63. The van der Waals surface area contributed by atoms with Crippen molar-refractivity contribution in [2.75, 3.05) is 20.1 Å². The van der Waals surface area contributed by atoms with Gasteiger partial charge in [-0.15, -0.1) is 0 Å². The molecule has 0 unspecified atom stereocenters. The maximum Gasteiger partial charge on any atom is 0.246 e. The predicted octanol–water partition coefficient (Wildman–Crippen LogP) is 4.63. The van der Waals surface area contributed by atoms with Crippen molar-refractivity contribution in [1.82, 2.24) is 9.80 Å². The molecule has 2 heterocycles. The molecule has 2 aliphatic carbocycles. The Bertz CT molecular complexity index is 1160. The number of ether oxygens (including phenoxy) is 1. The molecule has 2 aromatic carbocycles. The van der Waals surface area contributed by atoms with Gasteiger partial charge in [-0.1, -0.05) is 44.2 Å². The minimum atomic E-state index is -0.125. The molecule has 184 valence electrons. The van der Waals surface area contributed by atoms with Crippen LogP contribution in [0.4, 0.5) is 0 Å². The molecule has 5 heteroatoms. The highest BCUT2D eigenvalue weighted by Gasteiger charge is 2.66. The number of likely N-dealkylation sites (tertiary alicyclic amines) is 1. The van der Waals surface area contributed by atoms with E-state index in [-0.39, 0.29) is 23.5 Å². The summed E-state index contributed by atoms with van der Waals surface area (Å²) in [7, 11) is 2.23. The van der Waals surface area contributed by atoms with Crippen molar-refractivity contribution in [3.05, 3.63) is 65.2 Å². The summed E-state index contributed by atoms with van der Waals surface area (Å²) in [5.41, 5.74) is 3.23. The second-order valence-corrected chi connectivity index (χ2v) is 11.4. The van der Waals surface area contributed by atoms with Gasteiger partial charge in [0.05, 0.1) is 6.04 Å². The van der Waals surface area contributed by atoms with Gasteiger partial charge >= 0.3 is 0 Å². The van der Waals surface area contributed by atoms with Gasteiger partial charge in [-0.2, -0.15) is 0 Å². The van der Waals surface area contributed by atoms with Crippen LogP contribution in [0.15, 0.2) is 48.5 Å². The van der Waals surface area contributed by atoms with Crippen molar-refractivity contribution in [1.29, 1.82) is 0 Å². The number of hydrogen-bond donors (Lipinski definition) is 1. The number of phenolic OH excluding ortho intramolecular Hbond substituents is 1. The van der Waals surface area contributed by atoms with E-state index in [1.807, 2.05) is 42.5 Å². The number of phenols is 1. The van der Waals surface area contributed by atoms with Crippen molar-refractivity contribution in [2.24, 2.45) is 11.8 Å². The molecule has 5 atom stereocenters. The first-order valence-electron chi connectivity index (χ1n) is 13.2. The van der Waals surface area contributed by atoms with Crippen LogP contribution in [0.3, 0.4) is 0 Å². The van der Waals surface area contributed by atoms with Gasteiger partial charge in [0.25, 0.3) is 0 Å². The Morgan fingerprint density at radius 2 is 2.03 bits per heavy atom. The molecule has 2 aromatic rings. The first kappa shape index (κ1) is 22.7. The van der Waals surface area contributed by atoms with Crippen molar-refractivity contribution in [2.45, 2.75) is 63.1 Å². The molecule has 2 aliphatic heterocycles. The maximum absolute atomic E-state index is 13.7. The molecule has 6 rings (SSSR count). The number of hydrogen-bond acceptors (Lipinski definition) is 4. The fourth-order valence-electron chi connectivity index (χ4n) is 7.65. The molecule has 5 nitrogen and oxygen atoms in total. The third kappa shape index (κ3) is 3.42. The number of aromatic hydroxyl groups is 1. The number of carbonyl (C=O) groups is 1. The first-order chi connectivity index (χ1) is 16.9. The van der Waals surface area contributed by atoms with Crippen molar-refractivity contribution < 1.29 is 14.6 Å². The van der Waals surface area contributed by atoms with Gasteiger partial charge < -0.3 is 19.6 Å². The minimum absolute atomic E-state index is 0.0196. The third-order valence-electron chi connectivity index (χ3n) is 9.05. The molecule has 4 aliphatic rings. The fraction of sp³-hybridized carbons (Fsp3) is 0.500.